The zero-order valence-electron chi connectivity index (χ0n) is 18.4. The van der Waals surface area contributed by atoms with E-state index in [2.05, 4.69) is 51.4 Å². The van der Waals surface area contributed by atoms with Crippen LogP contribution in [0.3, 0.4) is 0 Å². The Labute approximate surface area is 176 Å². The van der Waals surface area contributed by atoms with Crippen LogP contribution in [0.5, 0.6) is 0 Å². The normalized spacial score (nSPS) is 18.0. The van der Waals surface area contributed by atoms with Crippen molar-refractivity contribution in [2.45, 2.75) is 57.5 Å². The van der Waals surface area contributed by atoms with Gasteiger partial charge in [0.05, 0.1) is 0 Å². The van der Waals surface area contributed by atoms with E-state index in [0.29, 0.717) is 6.04 Å². The minimum absolute atomic E-state index is 0.0232. The van der Waals surface area contributed by atoms with Crippen molar-refractivity contribution in [3.05, 3.63) is 29.8 Å². The molecule has 29 heavy (non-hydrogen) atoms. The van der Waals surface area contributed by atoms with E-state index in [9.17, 15) is 4.79 Å². The molecule has 1 N–H and O–H groups in total. The second-order valence-corrected chi connectivity index (χ2v) is 8.62. The Balaban J connectivity index is 1.63. The van der Waals surface area contributed by atoms with Gasteiger partial charge in [0.25, 0.3) is 0 Å². The van der Waals surface area contributed by atoms with E-state index in [1.54, 1.807) is 19.0 Å². The van der Waals surface area contributed by atoms with Crippen LogP contribution in [0.25, 0.3) is 0 Å². The van der Waals surface area contributed by atoms with Crippen molar-refractivity contribution in [2.24, 2.45) is 4.99 Å². The summed E-state index contributed by atoms with van der Waals surface area (Å²) >= 11 is 0. The summed E-state index contributed by atoms with van der Waals surface area (Å²) in [5, 5.41) is 3.59. The maximum atomic E-state index is 12.0. The van der Waals surface area contributed by atoms with Crippen LogP contribution in [0.15, 0.2) is 29.3 Å². The lowest BCUT2D eigenvalue weighted by atomic mass is 10.1. The molecule has 0 spiro atoms. The molecule has 1 amide bonds. The van der Waals surface area contributed by atoms with Gasteiger partial charge in [-0.1, -0.05) is 25.0 Å². The highest BCUT2D eigenvalue weighted by Crippen LogP contribution is 2.21. The zero-order chi connectivity index (χ0) is 20.6. The number of hydrogen-bond donors (Lipinski definition) is 1. The Kier molecular flexibility index (Phi) is 7.78. The van der Waals surface area contributed by atoms with Crippen molar-refractivity contribution in [3.8, 4) is 0 Å². The van der Waals surface area contributed by atoms with Crippen molar-refractivity contribution < 1.29 is 4.79 Å². The topological polar surface area (TPSA) is 51.2 Å². The third kappa shape index (κ3) is 6.38. The van der Waals surface area contributed by atoms with Gasteiger partial charge in [0.1, 0.15) is 6.54 Å². The summed E-state index contributed by atoms with van der Waals surface area (Å²) in [6.07, 6.45) is 8.84. The molecule has 2 fully saturated rings. The summed E-state index contributed by atoms with van der Waals surface area (Å²) in [5.41, 5.74) is 2.58. The lowest BCUT2D eigenvalue weighted by molar-refractivity contribution is -0.127. The summed E-state index contributed by atoms with van der Waals surface area (Å²) in [6, 6.07) is 9.39. The van der Waals surface area contributed by atoms with Crippen LogP contribution in [0.4, 0.5) is 5.69 Å². The number of rotatable bonds is 6. The van der Waals surface area contributed by atoms with E-state index in [0.717, 1.165) is 12.5 Å². The highest BCUT2D eigenvalue weighted by atomic mass is 16.2. The lowest BCUT2D eigenvalue weighted by Gasteiger charge is -2.29. The third-order valence-corrected chi connectivity index (χ3v) is 5.99. The number of nitrogens with one attached hydrogen (secondary N) is 1. The van der Waals surface area contributed by atoms with Crippen molar-refractivity contribution in [1.82, 2.24) is 15.1 Å². The fourth-order valence-corrected chi connectivity index (χ4v) is 4.13. The number of benzene rings is 1. The van der Waals surface area contributed by atoms with Crippen LogP contribution in [-0.4, -0.2) is 68.5 Å². The second-order valence-electron chi connectivity index (χ2n) is 8.62. The first-order valence-corrected chi connectivity index (χ1v) is 11.1. The number of guanidine groups is 1. The molecule has 3 rings (SSSR count). The van der Waals surface area contributed by atoms with E-state index in [-0.39, 0.29) is 12.5 Å². The number of piperidine rings is 1. The minimum atomic E-state index is 0.0232. The van der Waals surface area contributed by atoms with E-state index < -0.39 is 0 Å². The SMILES string of the molecule is CN(C)C(=O)CN=C(NC1CCCC1)N(C)Cc1ccc(N2CCCCC2)cc1. The molecule has 1 aromatic rings. The van der Waals surface area contributed by atoms with Crippen LogP contribution in [0.1, 0.15) is 50.5 Å². The first-order valence-electron chi connectivity index (χ1n) is 11.1. The molecule has 1 aromatic carbocycles. The molecule has 1 aliphatic heterocycles. The van der Waals surface area contributed by atoms with E-state index >= 15 is 0 Å². The fourth-order valence-electron chi connectivity index (χ4n) is 4.13. The van der Waals surface area contributed by atoms with Gasteiger partial charge >= 0.3 is 0 Å². The summed E-state index contributed by atoms with van der Waals surface area (Å²) in [5.74, 6) is 0.849. The molecular weight excluding hydrogens is 362 g/mol. The average Bonchev–Trinajstić information content (AvgIpc) is 3.25. The van der Waals surface area contributed by atoms with Crippen LogP contribution < -0.4 is 10.2 Å². The first kappa shape index (κ1) is 21.5. The number of carbonyl (C=O) groups excluding carboxylic acids is 1. The zero-order valence-corrected chi connectivity index (χ0v) is 18.4. The molecule has 0 radical (unpaired) electrons. The third-order valence-electron chi connectivity index (χ3n) is 5.99. The van der Waals surface area contributed by atoms with Crippen molar-refractivity contribution in [1.29, 1.82) is 0 Å². The predicted molar refractivity (Wildman–Crippen MR) is 120 cm³/mol. The summed E-state index contributed by atoms with van der Waals surface area (Å²) in [6.45, 7) is 3.29. The summed E-state index contributed by atoms with van der Waals surface area (Å²) in [4.78, 5) is 22.9. The van der Waals surface area contributed by atoms with Crippen molar-refractivity contribution in [3.63, 3.8) is 0 Å². The Morgan fingerprint density at radius 3 is 2.31 bits per heavy atom. The number of carbonyl (C=O) groups is 1. The number of nitrogens with zero attached hydrogens (tertiary/aromatic N) is 4. The predicted octanol–water partition coefficient (Wildman–Crippen LogP) is 3.09. The maximum absolute atomic E-state index is 12.0. The first-order chi connectivity index (χ1) is 14.0. The van der Waals surface area contributed by atoms with E-state index in [4.69, 9.17) is 0 Å². The quantitative estimate of drug-likeness (QED) is 0.590. The Hall–Kier alpha value is -2.24. The maximum Gasteiger partial charge on any atom is 0.243 e. The van der Waals surface area contributed by atoms with Crippen molar-refractivity contribution >= 4 is 17.6 Å². The van der Waals surface area contributed by atoms with Crippen LogP contribution >= 0.6 is 0 Å². The number of likely N-dealkylation sites (N-methyl/N-ethyl adjacent to an activating group) is 1. The Morgan fingerprint density at radius 1 is 1.03 bits per heavy atom. The van der Waals surface area contributed by atoms with Gasteiger partial charge in [0.2, 0.25) is 5.91 Å². The van der Waals surface area contributed by atoms with Gasteiger partial charge < -0.3 is 20.0 Å². The second kappa shape index (κ2) is 10.5. The lowest BCUT2D eigenvalue weighted by Crippen LogP contribution is -2.43. The molecule has 0 aromatic heterocycles. The molecule has 1 heterocycles. The molecule has 1 aliphatic carbocycles. The van der Waals surface area contributed by atoms with Gasteiger partial charge in [0, 0.05) is 52.5 Å². The monoisotopic (exact) mass is 399 g/mol. The number of amides is 1. The minimum Gasteiger partial charge on any atom is -0.372 e. The van der Waals surface area contributed by atoms with Gasteiger partial charge in [-0.3, -0.25) is 4.79 Å². The van der Waals surface area contributed by atoms with Crippen LogP contribution in [0, 0.1) is 0 Å². The van der Waals surface area contributed by atoms with Crippen molar-refractivity contribution in [2.75, 3.05) is 45.7 Å². The average molecular weight is 400 g/mol. The van der Waals surface area contributed by atoms with Crippen LogP contribution in [-0.2, 0) is 11.3 Å². The molecule has 1 saturated carbocycles. The standard InChI is InChI=1S/C23H37N5O/c1-26(2)22(29)17-24-23(25-20-9-5-6-10-20)27(3)18-19-11-13-21(14-12-19)28-15-7-4-8-16-28/h11-14,20H,4-10,15-18H2,1-3H3,(H,24,25). The molecular formula is C23H37N5O. The highest BCUT2D eigenvalue weighted by Gasteiger charge is 2.19. The summed E-state index contributed by atoms with van der Waals surface area (Å²) in [7, 11) is 5.60. The molecule has 6 heteroatoms. The molecule has 6 nitrogen and oxygen atoms in total. The van der Waals surface area contributed by atoms with Crippen LogP contribution in [0.2, 0.25) is 0 Å². The Bertz CT molecular complexity index is 673. The largest absolute Gasteiger partial charge is 0.372 e. The molecule has 0 atom stereocenters. The fraction of sp³-hybridized carbons (Fsp3) is 0.652. The van der Waals surface area contributed by atoms with Gasteiger partial charge in [-0.15, -0.1) is 0 Å². The molecule has 0 bridgehead atoms. The van der Waals surface area contributed by atoms with Gasteiger partial charge in [-0.2, -0.15) is 0 Å². The van der Waals surface area contributed by atoms with E-state index in [1.165, 1.54) is 69.3 Å². The van der Waals surface area contributed by atoms with Gasteiger partial charge in [-0.05, 0) is 49.8 Å². The smallest absolute Gasteiger partial charge is 0.243 e. The van der Waals surface area contributed by atoms with E-state index in [1.807, 2.05) is 0 Å². The van der Waals surface area contributed by atoms with Gasteiger partial charge in [0.15, 0.2) is 5.96 Å². The molecule has 0 unspecified atom stereocenters. The number of aliphatic imine (C=N–C) groups is 1. The number of anilines is 1. The highest BCUT2D eigenvalue weighted by molar-refractivity contribution is 5.84. The molecule has 1 saturated heterocycles. The number of hydrogen-bond acceptors (Lipinski definition) is 3. The van der Waals surface area contributed by atoms with Gasteiger partial charge in [-0.25, -0.2) is 4.99 Å². The Morgan fingerprint density at radius 2 is 1.69 bits per heavy atom. The molecule has 160 valence electrons. The molecule has 2 aliphatic rings. The summed E-state index contributed by atoms with van der Waals surface area (Å²) < 4.78 is 0.